The molecule has 2 aliphatic carbocycles. The SMILES string of the molecule is C=C1COC(=O)C12CC1CCC(O)C(C)C1(C)C2. The predicted molar refractivity (Wildman–Crippen MR) is 67.8 cm³/mol. The summed E-state index contributed by atoms with van der Waals surface area (Å²) in [5.41, 5.74) is 0.548. The fourth-order valence-corrected chi connectivity index (χ4v) is 4.54. The molecule has 3 nitrogen and oxygen atoms in total. The number of fused-ring (bicyclic) bond motifs is 1. The minimum absolute atomic E-state index is 0.0456. The van der Waals surface area contributed by atoms with Crippen LogP contribution in [0.1, 0.15) is 39.5 Å². The van der Waals surface area contributed by atoms with Crippen molar-refractivity contribution >= 4 is 5.97 Å². The van der Waals surface area contributed by atoms with Gasteiger partial charge in [0, 0.05) is 0 Å². The van der Waals surface area contributed by atoms with Gasteiger partial charge in [0.15, 0.2) is 0 Å². The standard InChI is InChI=1S/C15H22O3/c1-9-7-18-13(17)15(9)6-11-4-5-12(16)10(2)14(11,3)8-15/h10-12,16H,1,4-8H2,2-3H3. The molecule has 3 rings (SSSR count). The second-order valence-electron chi connectivity index (χ2n) is 6.78. The first kappa shape index (κ1) is 12.2. The molecule has 18 heavy (non-hydrogen) atoms. The summed E-state index contributed by atoms with van der Waals surface area (Å²) in [5, 5.41) is 10.1. The van der Waals surface area contributed by atoms with Crippen molar-refractivity contribution in [2.45, 2.75) is 45.6 Å². The maximum absolute atomic E-state index is 12.1. The van der Waals surface area contributed by atoms with E-state index < -0.39 is 5.41 Å². The summed E-state index contributed by atoms with van der Waals surface area (Å²) in [7, 11) is 0. The Morgan fingerprint density at radius 1 is 1.44 bits per heavy atom. The lowest BCUT2D eigenvalue weighted by atomic mass is 9.62. The second kappa shape index (κ2) is 3.60. The van der Waals surface area contributed by atoms with Crippen LogP contribution < -0.4 is 0 Å². The molecule has 1 aliphatic heterocycles. The zero-order chi connectivity index (χ0) is 13.1. The number of carbonyl (C=O) groups is 1. The van der Waals surface area contributed by atoms with Gasteiger partial charge in [-0.3, -0.25) is 4.79 Å². The van der Waals surface area contributed by atoms with Crippen molar-refractivity contribution in [3.05, 3.63) is 12.2 Å². The van der Waals surface area contributed by atoms with Crippen LogP contribution in [0.2, 0.25) is 0 Å². The predicted octanol–water partition coefficient (Wildman–Crippen LogP) is 2.29. The molecule has 1 spiro atoms. The van der Waals surface area contributed by atoms with Crippen LogP contribution in [-0.4, -0.2) is 23.8 Å². The molecule has 0 bridgehead atoms. The fraction of sp³-hybridized carbons (Fsp3) is 0.800. The summed E-state index contributed by atoms with van der Waals surface area (Å²) in [5.74, 6) is 0.680. The Morgan fingerprint density at radius 3 is 2.78 bits per heavy atom. The first-order valence-corrected chi connectivity index (χ1v) is 6.94. The summed E-state index contributed by atoms with van der Waals surface area (Å²) < 4.78 is 5.22. The molecule has 5 atom stereocenters. The Balaban J connectivity index is 1.98. The van der Waals surface area contributed by atoms with E-state index in [2.05, 4.69) is 20.4 Å². The van der Waals surface area contributed by atoms with Gasteiger partial charge in [0.1, 0.15) is 6.61 Å². The number of rotatable bonds is 0. The first-order valence-electron chi connectivity index (χ1n) is 6.94. The topological polar surface area (TPSA) is 46.5 Å². The molecule has 0 aromatic heterocycles. The maximum atomic E-state index is 12.1. The van der Waals surface area contributed by atoms with E-state index in [0.29, 0.717) is 12.5 Å². The Hall–Kier alpha value is -0.830. The third kappa shape index (κ3) is 1.31. The van der Waals surface area contributed by atoms with Crippen molar-refractivity contribution in [3.63, 3.8) is 0 Å². The lowest BCUT2D eigenvalue weighted by Gasteiger charge is -2.44. The van der Waals surface area contributed by atoms with Crippen LogP contribution in [0.15, 0.2) is 12.2 Å². The normalized spacial score (nSPS) is 51.6. The van der Waals surface area contributed by atoms with E-state index >= 15 is 0 Å². The molecular formula is C15H22O3. The van der Waals surface area contributed by atoms with Gasteiger partial charge < -0.3 is 9.84 Å². The van der Waals surface area contributed by atoms with Crippen molar-refractivity contribution in [1.29, 1.82) is 0 Å². The van der Waals surface area contributed by atoms with E-state index in [1.807, 2.05) is 0 Å². The molecule has 1 N–H and O–H groups in total. The lowest BCUT2D eigenvalue weighted by Crippen LogP contribution is -2.42. The molecule has 2 saturated carbocycles. The van der Waals surface area contributed by atoms with E-state index in [-0.39, 0.29) is 23.4 Å². The van der Waals surface area contributed by atoms with E-state index in [1.165, 1.54) is 0 Å². The monoisotopic (exact) mass is 250 g/mol. The summed E-state index contributed by atoms with van der Waals surface area (Å²) in [6, 6.07) is 0. The third-order valence-electron chi connectivity index (χ3n) is 6.08. The molecule has 3 aliphatic rings. The number of carbonyl (C=O) groups excluding carboxylic acids is 1. The van der Waals surface area contributed by atoms with Gasteiger partial charge in [-0.15, -0.1) is 0 Å². The summed E-state index contributed by atoms with van der Waals surface area (Å²) in [6.07, 6.45) is 3.33. The second-order valence-corrected chi connectivity index (χ2v) is 6.78. The van der Waals surface area contributed by atoms with Crippen LogP contribution in [0.4, 0.5) is 0 Å². The van der Waals surface area contributed by atoms with E-state index in [4.69, 9.17) is 4.74 Å². The Kier molecular flexibility index (Phi) is 2.44. The lowest BCUT2D eigenvalue weighted by molar-refractivity contribution is -0.146. The molecule has 5 unspecified atom stereocenters. The van der Waals surface area contributed by atoms with Crippen molar-refractivity contribution < 1.29 is 14.6 Å². The molecule has 0 aromatic carbocycles. The maximum Gasteiger partial charge on any atom is 0.316 e. The molecule has 100 valence electrons. The highest BCUT2D eigenvalue weighted by atomic mass is 16.5. The van der Waals surface area contributed by atoms with Crippen molar-refractivity contribution in [1.82, 2.24) is 0 Å². The van der Waals surface area contributed by atoms with E-state index in [1.54, 1.807) is 0 Å². The molecule has 0 aromatic rings. The molecular weight excluding hydrogens is 228 g/mol. The van der Waals surface area contributed by atoms with Gasteiger partial charge in [0.05, 0.1) is 11.5 Å². The van der Waals surface area contributed by atoms with Gasteiger partial charge in [-0.2, -0.15) is 0 Å². The minimum Gasteiger partial charge on any atom is -0.460 e. The zero-order valence-corrected chi connectivity index (χ0v) is 11.2. The van der Waals surface area contributed by atoms with Gasteiger partial charge in [-0.05, 0) is 48.5 Å². The summed E-state index contributed by atoms with van der Waals surface area (Å²) in [6.45, 7) is 8.81. The van der Waals surface area contributed by atoms with Gasteiger partial charge in [-0.1, -0.05) is 20.4 Å². The highest BCUT2D eigenvalue weighted by Gasteiger charge is 2.63. The minimum atomic E-state index is -0.447. The molecule has 1 heterocycles. The number of cyclic esters (lactones) is 1. The van der Waals surface area contributed by atoms with Crippen molar-refractivity contribution in [2.24, 2.45) is 22.7 Å². The van der Waals surface area contributed by atoms with Crippen LogP contribution in [0.25, 0.3) is 0 Å². The van der Waals surface area contributed by atoms with Crippen LogP contribution >= 0.6 is 0 Å². The van der Waals surface area contributed by atoms with Crippen LogP contribution in [0, 0.1) is 22.7 Å². The number of aliphatic hydroxyl groups excluding tert-OH is 1. The van der Waals surface area contributed by atoms with Gasteiger partial charge in [-0.25, -0.2) is 0 Å². The van der Waals surface area contributed by atoms with Crippen LogP contribution in [-0.2, 0) is 9.53 Å². The van der Waals surface area contributed by atoms with Crippen molar-refractivity contribution in [3.8, 4) is 0 Å². The van der Waals surface area contributed by atoms with Gasteiger partial charge in [0.25, 0.3) is 0 Å². The van der Waals surface area contributed by atoms with Crippen LogP contribution in [0.5, 0.6) is 0 Å². The summed E-state index contributed by atoms with van der Waals surface area (Å²) in [4.78, 5) is 12.1. The third-order valence-corrected chi connectivity index (χ3v) is 6.08. The quantitative estimate of drug-likeness (QED) is 0.530. The summed E-state index contributed by atoms with van der Waals surface area (Å²) >= 11 is 0. The number of hydrogen-bond donors (Lipinski definition) is 1. The fourth-order valence-electron chi connectivity index (χ4n) is 4.54. The van der Waals surface area contributed by atoms with Gasteiger partial charge >= 0.3 is 5.97 Å². The van der Waals surface area contributed by atoms with E-state index in [9.17, 15) is 9.90 Å². The van der Waals surface area contributed by atoms with E-state index in [0.717, 1.165) is 31.3 Å². The Morgan fingerprint density at radius 2 is 2.17 bits per heavy atom. The molecule has 3 fully saturated rings. The Labute approximate surface area is 108 Å². The number of esters is 1. The molecule has 0 radical (unpaired) electrons. The molecule has 0 amide bonds. The van der Waals surface area contributed by atoms with Crippen LogP contribution in [0.3, 0.4) is 0 Å². The average Bonchev–Trinajstić information content (AvgIpc) is 2.79. The van der Waals surface area contributed by atoms with Crippen molar-refractivity contribution in [2.75, 3.05) is 6.61 Å². The number of hydrogen-bond acceptors (Lipinski definition) is 3. The zero-order valence-electron chi connectivity index (χ0n) is 11.2. The Bertz CT molecular complexity index is 398. The largest absolute Gasteiger partial charge is 0.460 e. The first-order chi connectivity index (χ1) is 8.40. The highest BCUT2D eigenvalue weighted by Crippen LogP contribution is 2.64. The number of aliphatic hydroxyl groups is 1. The smallest absolute Gasteiger partial charge is 0.316 e. The number of ether oxygens (including phenoxy) is 1. The molecule has 1 saturated heterocycles. The molecule has 3 heteroatoms. The van der Waals surface area contributed by atoms with Gasteiger partial charge in [0.2, 0.25) is 0 Å². The highest BCUT2D eigenvalue weighted by molar-refractivity contribution is 5.84. The average molecular weight is 250 g/mol.